The summed E-state index contributed by atoms with van der Waals surface area (Å²) in [7, 11) is 1.89. The van der Waals surface area contributed by atoms with E-state index in [1.54, 1.807) is 4.68 Å². The van der Waals surface area contributed by atoms with Crippen LogP contribution in [0.25, 0.3) is 10.9 Å². The van der Waals surface area contributed by atoms with Gasteiger partial charge in [0.1, 0.15) is 0 Å². The summed E-state index contributed by atoms with van der Waals surface area (Å²) in [5.74, 6) is 0.173. The maximum atomic E-state index is 12.7. The molecule has 0 saturated carbocycles. The fourth-order valence-electron chi connectivity index (χ4n) is 3.00. The van der Waals surface area contributed by atoms with Crippen LogP contribution in [0.15, 0.2) is 48.9 Å². The first kappa shape index (κ1) is 16.3. The Kier molecular flexibility index (Phi) is 4.69. The molecule has 126 valence electrons. The van der Waals surface area contributed by atoms with Crippen LogP contribution in [0.4, 0.5) is 0 Å². The van der Waals surface area contributed by atoms with E-state index in [9.17, 15) is 4.79 Å². The van der Waals surface area contributed by atoms with Gasteiger partial charge in [-0.15, -0.1) is 0 Å². The molecule has 3 aromatic rings. The summed E-state index contributed by atoms with van der Waals surface area (Å²) in [4.78, 5) is 14.6. The molecule has 5 heteroatoms. The van der Waals surface area contributed by atoms with E-state index in [0.29, 0.717) is 19.5 Å². The average molecular weight is 324 g/mol. The lowest BCUT2D eigenvalue weighted by atomic mass is 10.2. The normalized spacial score (nSPS) is 11.3. The van der Waals surface area contributed by atoms with Crippen LogP contribution in [0.5, 0.6) is 0 Å². The van der Waals surface area contributed by atoms with Gasteiger partial charge in [-0.2, -0.15) is 5.10 Å². The zero-order chi connectivity index (χ0) is 17.1. The summed E-state index contributed by atoms with van der Waals surface area (Å²) in [5, 5.41) is 5.39. The summed E-state index contributed by atoms with van der Waals surface area (Å²) >= 11 is 0. The van der Waals surface area contributed by atoms with Crippen LogP contribution in [-0.4, -0.2) is 31.2 Å². The van der Waals surface area contributed by atoms with Gasteiger partial charge in [-0.3, -0.25) is 9.48 Å². The highest BCUT2D eigenvalue weighted by Crippen LogP contribution is 2.16. The number of fused-ring (bicyclic) bond motifs is 1. The van der Waals surface area contributed by atoms with Crippen molar-refractivity contribution in [3.8, 4) is 0 Å². The Morgan fingerprint density at radius 1 is 1.25 bits per heavy atom. The minimum atomic E-state index is 0.166. The van der Waals surface area contributed by atoms with E-state index in [1.807, 2.05) is 36.5 Å². The number of carbonyl (C=O) groups excluding carboxylic acids is 1. The molecule has 0 unspecified atom stereocenters. The number of benzene rings is 1. The first-order valence-electron chi connectivity index (χ1n) is 8.35. The van der Waals surface area contributed by atoms with Crippen molar-refractivity contribution in [3.63, 3.8) is 0 Å². The Balaban J connectivity index is 1.67. The van der Waals surface area contributed by atoms with Crippen LogP contribution in [0, 0.1) is 0 Å². The number of rotatable bonds is 6. The molecule has 0 bridgehead atoms. The number of hydrogen-bond donors (Lipinski definition) is 0. The topological polar surface area (TPSA) is 43.1 Å². The van der Waals surface area contributed by atoms with E-state index < -0.39 is 0 Å². The van der Waals surface area contributed by atoms with E-state index >= 15 is 0 Å². The predicted molar refractivity (Wildman–Crippen MR) is 95.4 cm³/mol. The number of carbonyl (C=O) groups is 1. The van der Waals surface area contributed by atoms with Gasteiger partial charge in [0.15, 0.2) is 0 Å². The summed E-state index contributed by atoms with van der Waals surface area (Å²) < 4.78 is 3.92. The molecule has 0 radical (unpaired) electrons. The van der Waals surface area contributed by atoms with Crippen molar-refractivity contribution in [2.75, 3.05) is 0 Å². The van der Waals surface area contributed by atoms with Crippen LogP contribution in [0.1, 0.15) is 25.8 Å². The number of nitrogens with zero attached hydrogens (tertiary/aromatic N) is 4. The SMILES string of the molecule is CC(C)N(Cc1cnn(C)c1)C(=O)CCn1ccc2ccccc21. The quantitative estimate of drug-likeness (QED) is 0.699. The van der Waals surface area contributed by atoms with Crippen LogP contribution in [-0.2, 0) is 24.9 Å². The fraction of sp³-hybridized carbons (Fsp3) is 0.368. The average Bonchev–Trinajstić information content (AvgIpc) is 3.16. The molecule has 1 aromatic carbocycles. The highest BCUT2D eigenvalue weighted by Gasteiger charge is 2.18. The molecule has 0 spiro atoms. The third kappa shape index (κ3) is 3.50. The number of para-hydroxylation sites is 1. The molecule has 2 aromatic heterocycles. The number of amides is 1. The maximum absolute atomic E-state index is 12.7. The second-order valence-electron chi connectivity index (χ2n) is 6.46. The lowest BCUT2D eigenvalue weighted by Gasteiger charge is -2.26. The highest BCUT2D eigenvalue weighted by molar-refractivity contribution is 5.80. The van der Waals surface area contributed by atoms with Gasteiger partial charge >= 0.3 is 0 Å². The smallest absolute Gasteiger partial charge is 0.224 e. The van der Waals surface area contributed by atoms with Gasteiger partial charge in [-0.05, 0) is 31.4 Å². The van der Waals surface area contributed by atoms with Gasteiger partial charge in [0.05, 0.1) is 6.20 Å². The van der Waals surface area contributed by atoms with E-state index in [2.05, 4.69) is 47.9 Å². The first-order chi connectivity index (χ1) is 11.5. The molecule has 24 heavy (non-hydrogen) atoms. The number of hydrogen-bond acceptors (Lipinski definition) is 2. The van der Waals surface area contributed by atoms with Gasteiger partial charge < -0.3 is 9.47 Å². The van der Waals surface area contributed by atoms with Crippen molar-refractivity contribution >= 4 is 16.8 Å². The Morgan fingerprint density at radius 2 is 2.04 bits per heavy atom. The standard InChI is InChI=1S/C19H24N4O/c1-15(2)23(14-16-12-20-21(3)13-16)19(24)9-11-22-10-8-17-6-4-5-7-18(17)22/h4-8,10,12-13,15H,9,11,14H2,1-3H3. The van der Waals surface area contributed by atoms with Crippen molar-refractivity contribution in [2.24, 2.45) is 7.05 Å². The van der Waals surface area contributed by atoms with Crippen molar-refractivity contribution in [1.82, 2.24) is 19.2 Å². The Hall–Kier alpha value is -2.56. The minimum Gasteiger partial charge on any atom is -0.347 e. The summed E-state index contributed by atoms with van der Waals surface area (Å²) in [5.41, 5.74) is 2.24. The minimum absolute atomic E-state index is 0.166. The molecule has 1 amide bonds. The van der Waals surface area contributed by atoms with E-state index in [4.69, 9.17) is 0 Å². The van der Waals surface area contributed by atoms with Crippen molar-refractivity contribution in [2.45, 2.75) is 39.4 Å². The van der Waals surface area contributed by atoms with Gasteiger partial charge in [-0.1, -0.05) is 18.2 Å². The molecule has 0 aliphatic carbocycles. The molecule has 0 saturated heterocycles. The first-order valence-corrected chi connectivity index (χ1v) is 8.35. The molecular weight excluding hydrogens is 300 g/mol. The van der Waals surface area contributed by atoms with Crippen molar-refractivity contribution in [1.29, 1.82) is 0 Å². The van der Waals surface area contributed by atoms with Crippen LogP contribution in [0.2, 0.25) is 0 Å². The molecule has 0 N–H and O–H groups in total. The lowest BCUT2D eigenvalue weighted by molar-refractivity contribution is -0.133. The highest BCUT2D eigenvalue weighted by atomic mass is 16.2. The van der Waals surface area contributed by atoms with E-state index in [1.165, 1.54) is 10.9 Å². The predicted octanol–water partition coefficient (Wildman–Crippen LogP) is 3.20. The second-order valence-corrected chi connectivity index (χ2v) is 6.46. The molecule has 0 aliphatic rings. The molecule has 3 rings (SSSR count). The zero-order valence-electron chi connectivity index (χ0n) is 14.5. The van der Waals surface area contributed by atoms with Gasteiger partial charge in [0.25, 0.3) is 0 Å². The summed E-state index contributed by atoms with van der Waals surface area (Å²) in [6.07, 6.45) is 6.33. The largest absolute Gasteiger partial charge is 0.347 e. The number of aromatic nitrogens is 3. The van der Waals surface area contributed by atoms with Crippen molar-refractivity contribution < 1.29 is 4.79 Å². The van der Waals surface area contributed by atoms with Crippen LogP contribution >= 0.6 is 0 Å². The molecule has 0 atom stereocenters. The Bertz CT molecular complexity index is 831. The van der Waals surface area contributed by atoms with Crippen LogP contribution in [0.3, 0.4) is 0 Å². The number of aryl methyl sites for hydroxylation is 2. The van der Waals surface area contributed by atoms with Gasteiger partial charge in [0.2, 0.25) is 5.91 Å². The third-order valence-corrected chi connectivity index (χ3v) is 4.30. The van der Waals surface area contributed by atoms with Crippen molar-refractivity contribution in [3.05, 3.63) is 54.5 Å². The molecular formula is C19H24N4O. The zero-order valence-corrected chi connectivity index (χ0v) is 14.5. The van der Waals surface area contributed by atoms with Gasteiger partial charge in [-0.25, -0.2) is 0 Å². The van der Waals surface area contributed by atoms with E-state index in [-0.39, 0.29) is 11.9 Å². The summed E-state index contributed by atoms with van der Waals surface area (Å²) in [6, 6.07) is 10.5. The molecule has 2 heterocycles. The molecule has 0 aliphatic heterocycles. The fourth-order valence-corrected chi connectivity index (χ4v) is 3.00. The Labute approximate surface area is 142 Å². The van der Waals surface area contributed by atoms with E-state index in [0.717, 1.165) is 5.56 Å². The molecule has 5 nitrogen and oxygen atoms in total. The monoisotopic (exact) mass is 324 g/mol. The van der Waals surface area contributed by atoms with Gasteiger partial charge in [0, 0.05) is 56.1 Å². The maximum Gasteiger partial charge on any atom is 0.224 e. The third-order valence-electron chi connectivity index (χ3n) is 4.30. The Morgan fingerprint density at radius 3 is 2.75 bits per heavy atom. The van der Waals surface area contributed by atoms with Crippen LogP contribution < -0.4 is 0 Å². The lowest BCUT2D eigenvalue weighted by Crippen LogP contribution is -2.36. The summed E-state index contributed by atoms with van der Waals surface area (Å²) in [6.45, 7) is 5.41. The second kappa shape index (κ2) is 6.91. The molecule has 0 fully saturated rings.